The Bertz CT molecular complexity index is 426. The summed E-state index contributed by atoms with van der Waals surface area (Å²) in [5.74, 6) is -1.23. The first-order valence-electron chi connectivity index (χ1n) is 4.81. The molecule has 0 radical (unpaired) electrons. The van der Waals surface area contributed by atoms with Crippen molar-refractivity contribution in [3.05, 3.63) is 35.1 Å². The van der Waals surface area contributed by atoms with Gasteiger partial charge in [0.25, 0.3) is 5.91 Å². The molecule has 0 fully saturated rings. The third-order valence-corrected chi connectivity index (χ3v) is 2.05. The number of rotatable bonds is 4. The van der Waals surface area contributed by atoms with Crippen molar-refractivity contribution in [1.29, 1.82) is 0 Å². The number of hydrogen-bond donors (Lipinski definition) is 1. The number of nitrogens with one attached hydrogen (secondary N) is 1. The number of hydroxylamine groups is 1. The lowest BCUT2D eigenvalue weighted by molar-refractivity contribution is -0.124. The molecule has 0 unspecified atom stereocenters. The summed E-state index contributed by atoms with van der Waals surface area (Å²) in [5.41, 5.74) is 2.55. The average Bonchev–Trinajstić information content (AvgIpc) is 2.28. The zero-order chi connectivity index (χ0) is 12.8. The second kappa shape index (κ2) is 5.95. The van der Waals surface area contributed by atoms with Gasteiger partial charge in [-0.05, 0) is 18.6 Å². The van der Waals surface area contributed by atoms with Crippen molar-refractivity contribution < 1.29 is 18.9 Å². The number of benzene rings is 1. The molecular formula is C11H13FN2O3. The van der Waals surface area contributed by atoms with E-state index >= 15 is 0 Å². The van der Waals surface area contributed by atoms with Crippen LogP contribution in [0.1, 0.15) is 11.1 Å². The van der Waals surface area contributed by atoms with E-state index in [4.69, 9.17) is 0 Å². The van der Waals surface area contributed by atoms with Crippen molar-refractivity contribution in [3.63, 3.8) is 0 Å². The van der Waals surface area contributed by atoms with Crippen molar-refractivity contribution in [2.45, 2.75) is 6.92 Å². The van der Waals surface area contributed by atoms with Crippen LogP contribution in [0.2, 0.25) is 0 Å². The lowest BCUT2D eigenvalue weighted by Gasteiger charge is -2.09. The Balaban J connectivity index is 3.24. The van der Waals surface area contributed by atoms with Crippen LogP contribution in [0.4, 0.5) is 4.39 Å². The standard InChI is InChI=1S/C11H13FN2O3/c1-7-5-4-6-8(12)9(7)10(13-16-2)11(15)14-17-3/h4-6H,1-3H3,(H,14,15). The fraction of sp³-hybridized carbons (Fsp3) is 0.273. The van der Waals surface area contributed by atoms with E-state index in [2.05, 4.69) is 20.3 Å². The molecule has 5 nitrogen and oxygen atoms in total. The molecule has 6 heteroatoms. The lowest BCUT2D eigenvalue weighted by Crippen LogP contribution is -2.32. The topological polar surface area (TPSA) is 59.9 Å². The molecule has 1 amide bonds. The smallest absolute Gasteiger partial charge is 0.297 e. The van der Waals surface area contributed by atoms with Crippen LogP contribution in [-0.4, -0.2) is 25.8 Å². The van der Waals surface area contributed by atoms with E-state index < -0.39 is 11.7 Å². The molecule has 1 rings (SSSR count). The molecule has 92 valence electrons. The highest BCUT2D eigenvalue weighted by Gasteiger charge is 2.20. The minimum atomic E-state index is -0.678. The van der Waals surface area contributed by atoms with Crippen molar-refractivity contribution in [1.82, 2.24) is 5.48 Å². The van der Waals surface area contributed by atoms with E-state index in [1.165, 1.54) is 20.3 Å². The van der Waals surface area contributed by atoms with E-state index in [9.17, 15) is 9.18 Å². The number of oxime groups is 1. The minimum Gasteiger partial charge on any atom is -0.398 e. The van der Waals surface area contributed by atoms with Gasteiger partial charge in [-0.2, -0.15) is 0 Å². The van der Waals surface area contributed by atoms with Crippen LogP contribution in [0.15, 0.2) is 23.4 Å². The molecular weight excluding hydrogens is 227 g/mol. The van der Waals surface area contributed by atoms with Crippen LogP contribution in [-0.2, 0) is 14.5 Å². The zero-order valence-corrected chi connectivity index (χ0v) is 9.78. The Morgan fingerprint density at radius 2 is 2.12 bits per heavy atom. The number of halogens is 1. The van der Waals surface area contributed by atoms with Crippen LogP contribution in [0.5, 0.6) is 0 Å². The van der Waals surface area contributed by atoms with Crippen molar-refractivity contribution in [2.24, 2.45) is 5.16 Å². The Labute approximate surface area is 98.2 Å². The summed E-state index contributed by atoms with van der Waals surface area (Å²) < 4.78 is 13.7. The number of carbonyl (C=O) groups is 1. The van der Waals surface area contributed by atoms with Gasteiger partial charge in [0, 0.05) is 5.56 Å². The second-order valence-electron chi connectivity index (χ2n) is 3.19. The highest BCUT2D eigenvalue weighted by molar-refractivity contribution is 6.45. The maximum Gasteiger partial charge on any atom is 0.297 e. The number of nitrogens with zero attached hydrogens (tertiary/aromatic N) is 1. The molecule has 0 atom stereocenters. The first kappa shape index (κ1) is 13.1. The molecule has 17 heavy (non-hydrogen) atoms. The quantitative estimate of drug-likeness (QED) is 0.634. The van der Waals surface area contributed by atoms with E-state index in [0.717, 1.165) is 0 Å². The van der Waals surface area contributed by atoms with E-state index in [1.54, 1.807) is 19.1 Å². The molecule has 0 spiro atoms. The summed E-state index contributed by atoms with van der Waals surface area (Å²) in [6, 6.07) is 4.46. The van der Waals surface area contributed by atoms with Crippen LogP contribution < -0.4 is 5.48 Å². The normalized spacial score (nSPS) is 11.2. The summed E-state index contributed by atoms with van der Waals surface area (Å²) in [7, 11) is 2.55. The lowest BCUT2D eigenvalue weighted by atomic mass is 10.0. The molecule has 1 N–H and O–H groups in total. The van der Waals surface area contributed by atoms with Crippen LogP contribution >= 0.6 is 0 Å². The van der Waals surface area contributed by atoms with E-state index in [-0.39, 0.29) is 11.3 Å². The van der Waals surface area contributed by atoms with Crippen molar-refractivity contribution in [3.8, 4) is 0 Å². The van der Waals surface area contributed by atoms with Crippen molar-refractivity contribution >= 4 is 11.6 Å². The number of aryl methyl sites for hydroxylation is 1. The number of amides is 1. The van der Waals surface area contributed by atoms with E-state index in [1.807, 2.05) is 0 Å². The molecule has 0 saturated heterocycles. The largest absolute Gasteiger partial charge is 0.398 e. The van der Waals surface area contributed by atoms with Gasteiger partial charge < -0.3 is 4.84 Å². The summed E-state index contributed by atoms with van der Waals surface area (Å²) >= 11 is 0. The van der Waals surface area contributed by atoms with Gasteiger partial charge in [-0.3, -0.25) is 9.63 Å². The maximum atomic E-state index is 13.7. The molecule has 0 aliphatic carbocycles. The third kappa shape index (κ3) is 3.01. The molecule has 0 bridgehead atoms. The van der Waals surface area contributed by atoms with Gasteiger partial charge in [-0.15, -0.1) is 0 Å². The maximum absolute atomic E-state index is 13.7. The summed E-state index contributed by atoms with van der Waals surface area (Å²) in [6.07, 6.45) is 0. The molecule has 1 aromatic rings. The Morgan fingerprint density at radius 1 is 1.41 bits per heavy atom. The highest BCUT2D eigenvalue weighted by Crippen LogP contribution is 2.14. The predicted molar refractivity (Wildman–Crippen MR) is 59.8 cm³/mol. The number of carbonyl (C=O) groups excluding carboxylic acids is 1. The average molecular weight is 240 g/mol. The van der Waals surface area contributed by atoms with Gasteiger partial charge >= 0.3 is 0 Å². The molecule has 0 aliphatic heterocycles. The monoisotopic (exact) mass is 240 g/mol. The van der Waals surface area contributed by atoms with Gasteiger partial charge in [-0.25, -0.2) is 9.87 Å². The van der Waals surface area contributed by atoms with Crippen molar-refractivity contribution in [2.75, 3.05) is 14.2 Å². The highest BCUT2D eigenvalue weighted by atomic mass is 19.1. The first-order chi connectivity index (χ1) is 8.11. The van der Waals surface area contributed by atoms with Gasteiger partial charge in [0.1, 0.15) is 12.9 Å². The Hall–Kier alpha value is -1.95. The van der Waals surface area contributed by atoms with Crippen LogP contribution in [0.3, 0.4) is 0 Å². The van der Waals surface area contributed by atoms with Gasteiger partial charge in [0.05, 0.1) is 7.11 Å². The fourth-order valence-electron chi connectivity index (χ4n) is 1.36. The predicted octanol–water partition coefficient (Wildman–Crippen LogP) is 1.16. The summed E-state index contributed by atoms with van der Waals surface area (Å²) in [5, 5.41) is 3.52. The SMILES string of the molecule is CON=C(C(=O)NOC)c1c(C)cccc1F. The summed E-state index contributed by atoms with van der Waals surface area (Å²) in [6.45, 7) is 1.67. The van der Waals surface area contributed by atoms with Gasteiger partial charge in [0.15, 0.2) is 5.71 Å². The van der Waals surface area contributed by atoms with E-state index in [0.29, 0.717) is 5.56 Å². The Kier molecular flexibility index (Phi) is 4.59. The first-order valence-corrected chi connectivity index (χ1v) is 4.81. The summed E-state index contributed by atoms with van der Waals surface area (Å²) in [4.78, 5) is 20.6. The fourth-order valence-corrected chi connectivity index (χ4v) is 1.36. The minimum absolute atomic E-state index is 0.0869. The molecule has 0 aromatic heterocycles. The molecule has 0 saturated carbocycles. The molecule has 0 heterocycles. The Morgan fingerprint density at radius 3 is 2.65 bits per heavy atom. The number of hydrogen-bond acceptors (Lipinski definition) is 4. The van der Waals surface area contributed by atoms with Gasteiger partial charge in [-0.1, -0.05) is 17.3 Å². The zero-order valence-electron chi connectivity index (χ0n) is 9.78. The second-order valence-corrected chi connectivity index (χ2v) is 3.19. The third-order valence-electron chi connectivity index (χ3n) is 2.05. The van der Waals surface area contributed by atoms with Crippen LogP contribution in [0.25, 0.3) is 0 Å². The van der Waals surface area contributed by atoms with Gasteiger partial charge in [0.2, 0.25) is 0 Å². The molecule has 0 aliphatic rings. The van der Waals surface area contributed by atoms with Crippen LogP contribution in [0, 0.1) is 12.7 Å². The molecule has 1 aromatic carbocycles.